The molecule has 1 aromatic rings. The Balaban J connectivity index is 1.90. The summed E-state index contributed by atoms with van der Waals surface area (Å²) in [5.74, 6) is 6.23. The van der Waals surface area contributed by atoms with Gasteiger partial charge < -0.3 is 11.1 Å². The molecule has 18 heavy (non-hydrogen) atoms. The molecule has 1 aliphatic rings. The molecule has 0 heterocycles. The van der Waals surface area contributed by atoms with Crippen LogP contribution in [-0.2, 0) is 11.3 Å². The van der Waals surface area contributed by atoms with Crippen LogP contribution in [0.15, 0.2) is 24.3 Å². The van der Waals surface area contributed by atoms with E-state index >= 15 is 0 Å². The van der Waals surface area contributed by atoms with Gasteiger partial charge in [-0.05, 0) is 30.5 Å². The molecule has 3 N–H and O–H groups in total. The molecule has 0 aromatic heterocycles. The molecule has 1 saturated carbocycles. The zero-order valence-electron chi connectivity index (χ0n) is 10.4. The average Bonchev–Trinajstić information content (AvgIpc) is 2.32. The standard InChI is InChI=1S/C15H18N2O/c16-9-3-6-12-4-1-5-13(10-12)11-17-15(18)14-7-2-8-14/h1,4-5,10,14H,2,7-9,11,16H2,(H,17,18). The lowest BCUT2D eigenvalue weighted by atomic mass is 9.85. The van der Waals surface area contributed by atoms with Gasteiger partial charge >= 0.3 is 0 Å². The lowest BCUT2D eigenvalue weighted by molar-refractivity contribution is -0.127. The second-order valence-corrected chi connectivity index (χ2v) is 4.55. The maximum Gasteiger partial charge on any atom is 0.223 e. The van der Waals surface area contributed by atoms with E-state index in [1.165, 1.54) is 6.42 Å². The normalized spacial score (nSPS) is 14.3. The molecule has 3 heteroatoms. The summed E-state index contributed by atoms with van der Waals surface area (Å²) in [6.07, 6.45) is 3.25. The maximum atomic E-state index is 11.7. The fraction of sp³-hybridized carbons (Fsp3) is 0.400. The van der Waals surface area contributed by atoms with Gasteiger partial charge in [0, 0.05) is 18.0 Å². The molecule has 0 bridgehead atoms. The van der Waals surface area contributed by atoms with Crippen molar-refractivity contribution < 1.29 is 4.79 Å². The van der Waals surface area contributed by atoms with Crippen LogP contribution in [0.3, 0.4) is 0 Å². The van der Waals surface area contributed by atoms with E-state index in [0.717, 1.165) is 24.0 Å². The zero-order chi connectivity index (χ0) is 12.8. The van der Waals surface area contributed by atoms with Gasteiger partial charge in [-0.2, -0.15) is 0 Å². The minimum atomic E-state index is 0.180. The van der Waals surface area contributed by atoms with E-state index < -0.39 is 0 Å². The molecule has 1 amide bonds. The van der Waals surface area contributed by atoms with Crippen molar-refractivity contribution in [2.45, 2.75) is 25.8 Å². The highest BCUT2D eigenvalue weighted by atomic mass is 16.1. The van der Waals surface area contributed by atoms with Crippen LogP contribution < -0.4 is 11.1 Å². The zero-order valence-corrected chi connectivity index (χ0v) is 10.4. The largest absolute Gasteiger partial charge is 0.352 e. The number of nitrogens with one attached hydrogen (secondary N) is 1. The van der Waals surface area contributed by atoms with E-state index in [1.54, 1.807) is 0 Å². The molecule has 0 atom stereocenters. The van der Waals surface area contributed by atoms with Gasteiger partial charge in [0.15, 0.2) is 0 Å². The summed E-state index contributed by atoms with van der Waals surface area (Å²) < 4.78 is 0. The second kappa shape index (κ2) is 6.23. The molecule has 94 valence electrons. The molecular formula is C15H18N2O. The molecule has 0 unspecified atom stereocenters. The molecule has 2 rings (SSSR count). The van der Waals surface area contributed by atoms with Gasteiger partial charge in [-0.1, -0.05) is 30.4 Å². The average molecular weight is 242 g/mol. The number of hydrogen-bond donors (Lipinski definition) is 2. The summed E-state index contributed by atoms with van der Waals surface area (Å²) in [6, 6.07) is 7.88. The number of amides is 1. The minimum absolute atomic E-state index is 0.180. The van der Waals surface area contributed by atoms with Crippen molar-refractivity contribution in [3.05, 3.63) is 35.4 Å². The minimum Gasteiger partial charge on any atom is -0.352 e. The summed E-state index contributed by atoms with van der Waals surface area (Å²) in [5.41, 5.74) is 7.35. The van der Waals surface area contributed by atoms with E-state index in [0.29, 0.717) is 13.1 Å². The third-order valence-electron chi connectivity index (χ3n) is 3.20. The predicted octanol–water partition coefficient (Wildman–Crippen LogP) is 1.41. The highest BCUT2D eigenvalue weighted by Crippen LogP contribution is 2.26. The summed E-state index contributed by atoms with van der Waals surface area (Å²) >= 11 is 0. The van der Waals surface area contributed by atoms with Gasteiger partial charge in [0.2, 0.25) is 5.91 Å². The predicted molar refractivity (Wildman–Crippen MR) is 71.6 cm³/mol. The molecular weight excluding hydrogens is 224 g/mol. The van der Waals surface area contributed by atoms with Crippen molar-refractivity contribution in [3.8, 4) is 11.8 Å². The van der Waals surface area contributed by atoms with Crippen molar-refractivity contribution in [1.29, 1.82) is 0 Å². The van der Waals surface area contributed by atoms with Crippen molar-refractivity contribution in [2.75, 3.05) is 6.54 Å². The van der Waals surface area contributed by atoms with Crippen LogP contribution >= 0.6 is 0 Å². The van der Waals surface area contributed by atoms with Gasteiger partial charge in [-0.25, -0.2) is 0 Å². The summed E-state index contributed by atoms with van der Waals surface area (Å²) in [5, 5.41) is 2.97. The van der Waals surface area contributed by atoms with Crippen molar-refractivity contribution in [2.24, 2.45) is 11.7 Å². The first-order valence-electron chi connectivity index (χ1n) is 6.35. The Morgan fingerprint density at radius 1 is 1.44 bits per heavy atom. The Hall–Kier alpha value is -1.79. The van der Waals surface area contributed by atoms with E-state index in [4.69, 9.17) is 5.73 Å². The van der Waals surface area contributed by atoms with E-state index in [9.17, 15) is 4.79 Å². The first kappa shape index (κ1) is 12.7. The molecule has 1 fully saturated rings. The SMILES string of the molecule is NCC#Cc1cccc(CNC(=O)C2CCC2)c1. The van der Waals surface area contributed by atoms with Crippen LogP contribution in [0.2, 0.25) is 0 Å². The van der Waals surface area contributed by atoms with Crippen LogP contribution in [-0.4, -0.2) is 12.5 Å². The molecule has 1 aromatic carbocycles. The first-order chi connectivity index (χ1) is 8.79. The second-order valence-electron chi connectivity index (χ2n) is 4.55. The topological polar surface area (TPSA) is 55.1 Å². The number of hydrogen-bond acceptors (Lipinski definition) is 2. The molecule has 0 radical (unpaired) electrons. The first-order valence-corrected chi connectivity index (χ1v) is 6.35. The monoisotopic (exact) mass is 242 g/mol. The highest BCUT2D eigenvalue weighted by molar-refractivity contribution is 5.79. The smallest absolute Gasteiger partial charge is 0.223 e. The molecule has 1 aliphatic carbocycles. The van der Waals surface area contributed by atoms with Crippen LogP contribution in [0.25, 0.3) is 0 Å². The van der Waals surface area contributed by atoms with E-state index in [1.807, 2.05) is 24.3 Å². The van der Waals surface area contributed by atoms with Gasteiger partial charge in [-0.15, -0.1) is 0 Å². The fourth-order valence-corrected chi connectivity index (χ4v) is 1.92. The quantitative estimate of drug-likeness (QED) is 0.787. The number of carbonyl (C=O) groups is 1. The number of rotatable bonds is 3. The van der Waals surface area contributed by atoms with E-state index in [-0.39, 0.29) is 11.8 Å². The highest BCUT2D eigenvalue weighted by Gasteiger charge is 2.24. The molecule has 0 spiro atoms. The van der Waals surface area contributed by atoms with Crippen molar-refractivity contribution in [1.82, 2.24) is 5.32 Å². The van der Waals surface area contributed by atoms with Crippen LogP contribution in [0, 0.1) is 17.8 Å². The summed E-state index contributed by atoms with van der Waals surface area (Å²) in [6.45, 7) is 0.941. The Kier molecular flexibility index (Phi) is 4.38. The molecule has 0 aliphatic heterocycles. The van der Waals surface area contributed by atoms with Crippen molar-refractivity contribution >= 4 is 5.91 Å². The van der Waals surface area contributed by atoms with Crippen molar-refractivity contribution in [3.63, 3.8) is 0 Å². The maximum absolute atomic E-state index is 11.7. The third-order valence-corrected chi connectivity index (χ3v) is 3.20. The van der Waals surface area contributed by atoms with Crippen LogP contribution in [0.1, 0.15) is 30.4 Å². The van der Waals surface area contributed by atoms with Crippen LogP contribution in [0.5, 0.6) is 0 Å². The van der Waals surface area contributed by atoms with Crippen LogP contribution in [0.4, 0.5) is 0 Å². The Morgan fingerprint density at radius 2 is 2.28 bits per heavy atom. The van der Waals surface area contributed by atoms with Gasteiger partial charge in [0.25, 0.3) is 0 Å². The number of carbonyl (C=O) groups excluding carboxylic acids is 1. The number of nitrogens with two attached hydrogens (primary N) is 1. The summed E-state index contributed by atoms with van der Waals surface area (Å²) in [7, 11) is 0. The Labute approximate surface area is 108 Å². The summed E-state index contributed by atoms with van der Waals surface area (Å²) in [4.78, 5) is 11.7. The molecule has 0 saturated heterocycles. The Bertz CT molecular complexity index is 481. The van der Waals surface area contributed by atoms with E-state index in [2.05, 4.69) is 17.2 Å². The van der Waals surface area contributed by atoms with Gasteiger partial charge in [0.05, 0.1) is 6.54 Å². The molecule has 3 nitrogen and oxygen atoms in total. The third kappa shape index (κ3) is 3.35. The fourth-order valence-electron chi connectivity index (χ4n) is 1.92. The lowest BCUT2D eigenvalue weighted by Gasteiger charge is -2.24. The van der Waals surface area contributed by atoms with Gasteiger partial charge in [0.1, 0.15) is 0 Å². The number of benzene rings is 1. The Morgan fingerprint density at radius 3 is 2.94 bits per heavy atom. The lowest BCUT2D eigenvalue weighted by Crippen LogP contribution is -2.33. The van der Waals surface area contributed by atoms with Gasteiger partial charge in [-0.3, -0.25) is 4.79 Å².